The summed E-state index contributed by atoms with van der Waals surface area (Å²) in [6.07, 6.45) is 0.988. The Kier molecular flexibility index (Phi) is 6.63. The standard InChI is InChI=1S/C16H21N3S2/c1-13(21-15-6-3-2-4-7-15)12-19-16(17)18-10-9-14-8-5-11-20-14/h2-8,11,13H,9-10,12H2,1H3,(H3,17,18,19). The van der Waals surface area contributed by atoms with Crippen molar-refractivity contribution in [1.29, 1.82) is 0 Å². The van der Waals surface area contributed by atoms with Crippen LogP contribution in [0.4, 0.5) is 0 Å². The smallest absolute Gasteiger partial charge is 0.188 e. The Morgan fingerprint density at radius 2 is 2.10 bits per heavy atom. The third kappa shape index (κ3) is 6.23. The topological polar surface area (TPSA) is 50.4 Å². The predicted molar refractivity (Wildman–Crippen MR) is 94.3 cm³/mol. The summed E-state index contributed by atoms with van der Waals surface area (Å²) in [5.74, 6) is 0.534. The van der Waals surface area contributed by atoms with Gasteiger partial charge < -0.3 is 11.1 Å². The largest absolute Gasteiger partial charge is 0.370 e. The number of thioether (sulfide) groups is 1. The average Bonchev–Trinajstić information content (AvgIpc) is 2.99. The van der Waals surface area contributed by atoms with Crippen molar-refractivity contribution in [2.45, 2.75) is 23.5 Å². The zero-order valence-electron chi connectivity index (χ0n) is 12.2. The van der Waals surface area contributed by atoms with E-state index in [1.807, 2.05) is 17.8 Å². The summed E-state index contributed by atoms with van der Waals surface area (Å²) in [5, 5.41) is 5.67. The molecule has 0 aliphatic rings. The minimum Gasteiger partial charge on any atom is -0.370 e. The first kappa shape index (κ1) is 15.9. The number of guanidine groups is 1. The van der Waals surface area contributed by atoms with Crippen LogP contribution in [0.3, 0.4) is 0 Å². The van der Waals surface area contributed by atoms with E-state index in [2.05, 4.69) is 59.0 Å². The van der Waals surface area contributed by atoms with Gasteiger partial charge in [0.1, 0.15) is 0 Å². The van der Waals surface area contributed by atoms with Gasteiger partial charge in [0.15, 0.2) is 5.96 Å². The van der Waals surface area contributed by atoms with Gasteiger partial charge in [0.2, 0.25) is 0 Å². The van der Waals surface area contributed by atoms with Gasteiger partial charge in [-0.05, 0) is 30.0 Å². The summed E-state index contributed by atoms with van der Waals surface area (Å²) < 4.78 is 0. The third-order valence-corrected chi connectivity index (χ3v) is 4.89. The number of rotatable bonds is 7. The SMILES string of the molecule is CC(CN=C(N)NCCc1cccs1)Sc1ccccc1. The second-order valence-electron chi connectivity index (χ2n) is 4.72. The molecule has 0 fully saturated rings. The first-order valence-electron chi connectivity index (χ1n) is 7.02. The number of hydrogen-bond acceptors (Lipinski definition) is 3. The minimum absolute atomic E-state index is 0.407. The van der Waals surface area contributed by atoms with Crippen LogP contribution in [0.15, 0.2) is 57.7 Å². The van der Waals surface area contributed by atoms with E-state index in [0.29, 0.717) is 11.2 Å². The van der Waals surface area contributed by atoms with Gasteiger partial charge in [-0.3, -0.25) is 4.99 Å². The van der Waals surface area contributed by atoms with Crippen molar-refractivity contribution in [3.8, 4) is 0 Å². The number of aliphatic imine (C=N–C) groups is 1. The molecular weight excluding hydrogens is 298 g/mol. The van der Waals surface area contributed by atoms with Crippen LogP contribution in [0.2, 0.25) is 0 Å². The molecule has 1 heterocycles. The number of thiophene rings is 1. The Bertz CT molecular complexity index is 538. The molecular formula is C16H21N3S2. The summed E-state index contributed by atoms with van der Waals surface area (Å²) in [6, 6.07) is 14.6. The number of hydrogen-bond donors (Lipinski definition) is 2. The normalized spacial score (nSPS) is 13.1. The Morgan fingerprint density at radius 1 is 1.29 bits per heavy atom. The lowest BCUT2D eigenvalue weighted by Crippen LogP contribution is -2.33. The van der Waals surface area contributed by atoms with Gasteiger partial charge in [-0.2, -0.15) is 0 Å². The van der Waals surface area contributed by atoms with Crippen LogP contribution in [0.1, 0.15) is 11.8 Å². The zero-order chi connectivity index (χ0) is 14.9. The molecule has 0 amide bonds. The van der Waals surface area contributed by atoms with Gasteiger partial charge in [-0.15, -0.1) is 23.1 Å². The van der Waals surface area contributed by atoms with Gasteiger partial charge in [-0.1, -0.05) is 31.2 Å². The predicted octanol–water partition coefficient (Wildman–Crippen LogP) is 3.38. The molecule has 0 radical (unpaired) electrons. The highest BCUT2D eigenvalue weighted by molar-refractivity contribution is 8.00. The molecule has 1 atom stereocenters. The Morgan fingerprint density at radius 3 is 2.81 bits per heavy atom. The quantitative estimate of drug-likeness (QED) is 0.467. The fourth-order valence-electron chi connectivity index (χ4n) is 1.82. The second-order valence-corrected chi connectivity index (χ2v) is 7.27. The molecule has 3 N–H and O–H groups in total. The molecule has 1 aromatic heterocycles. The lowest BCUT2D eigenvalue weighted by Gasteiger charge is -2.09. The first-order valence-corrected chi connectivity index (χ1v) is 8.78. The highest BCUT2D eigenvalue weighted by Gasteiger charge is 2.03. The Hall–Kier alpha value is -1.46. The van der Waals surface area contributed by atoms with Crippen LogP contribution in [0.5, 0.6) is 0 Å². The molecule has 0 aliphatic carbocycles. The molecule has 0 spiro atoms. The first-order chi connectivity index (χ1) is 10.2. The van der Waals surface area contributed by atoms with Crippen LogP contribution >= 0.6 is 23.1 Å². The molecule has 2 rings (SSSR count). The fraction of sp³-hybridized carbons (Fsp3) is 0.312. The number of benzene rings is 1. The molecule has 112 valence electrons. The summed E-state index contributed by atoms with van der Waals surface area (Å²) >= 11 is 3.59. The molecule has 5 heteroatoms. The van der Waals surface area contributed by atoms with Gasteiger partial charge in [0.05, 0.1) is 6.54 Å². The van der Waals surface area contributed by atoms with E-state index < -0.39 is 0 Å². The van der Waals surface area contributed by atoms with Crippen LogP contribution in [-0.4, -0.2) is 24.3 Å². The lowest BCUT2D eigenvalue weighted by molar-refractivity contribution is 0.850. The summed E-state index contributed by atoms with van der Waals surface area (Å²) in [4.78, 5) is 7.04. The monoisotopic (exact) mass is 319 g/mol. The molecule has 2 aromatic rings. The van der Waals surface area contributed by atoms with Crippen molar-refractivity contribution >= 4 is 29.1 Å². The van der Waals surface area contributed by atoms with E-state index in [9.17, 15) is 0 Å². The van der Waals surface area contributed by atoms with Crippen molar-refractivity contribution < 1.29 is 0 Å². The maximum absolute atomic E-state index is 5.89. The molecule has 21 heavy (non-hydrogen) atoms. The van der Waals surface area contributed by atoms with E-state index in [1.165, 1.54) is 9.77 Å². The van der Waals surface area contributed by atoms with Crippen molar-refractivity contribution in [2.75, 3.05) is 13.1 Å². The number of nitrogens with zero attached hydrogens (tertiary/aromatic N) is 1. The third-order valence-electron chi connectivity index (χ3n) is 2.86. The van der Waals surface area contributed by atoms with E-state index in [1.54, 1.807) is 11.3 Å². The maximum Gasteiger partial charge on any atom is 0.188 e. The molecule has 0 saturated heterocycles. The van der Waals surface area contributed by atoms with Crippen LogP contribution in [0.25, 0.3) is 0 Å². The van der Waals surface area contributed by atoms with Gasteiger partial charge >= 0.3 is 0 Å². The summed E-state index contributed by atoms with van der Waals surface area (Å²) in [5.41, 5.74) is 5.89. The van der Waals surface area contributed by atoms with E-state index in [4.69, 9.17) is 5.73 Å². The highest BCUT2D eigenvalue weighted by atomic mass is 32.2. The van der Waals surface area contributed by atoms with Crippen molar-refractivity contribution in [3.63, 3.8) is 0 Å². The highest BCUT2D eigenvalue weighted by Crippen LogP contribution is 2.22. The summed E-state index contributed by atoms with van der Waals surface area (Å²) in [6.45, 7) is 3.72. The van der Waals surface area contributed by atoms with E-state index >= 15 is 0 Å². The summed E-state index contributed by atoms with van der Waals surface area (Å²) in [7, 11) is 0. The van der Waals surface area contributed by atoms with Crippen molar-refractivity contribution in [1.82, 2.24) is 5.32 Å². The molecule has 3 nitrogen and oxygen atoms in total. The maximum atomic E-state index is 5.89. The van der Waals surface area contributed by atoms with Crippen LogP contribution in [0, 0.1) is 0 Å². The van der Waals surface area contributed by atoms with Gasteiger partial charge in [0, 0.05) is 21.6 Å². The van der Waals surface area contributed by atoms with Crippen LogP contribution in [-0.2, 0) is 6.42 Å². The molecule has 0 bridgehead atoms. The fourth-order valence-corrected chi connectivity index (χ4v) is 3.46. The minimum atomic E-state index is 0.407. The molecule has 1 unspecified atom stereocenters. The van der Waals surface area contributed by atoms with Crippen molar-refractivity contribution in [2.24, 2.45) is 10.7 Å². The zero-order valence-corrected chi connectivity index (χ0v) is 13.8. The second kappa shape index (κ2) is 8.74. The van der Waals surface area contributed by atoms with E-state index in [-0.39, 0.29) is 0 Å². The molecule has 0 saturated carbocycles. The van der Waals surface area contributed by atoms with E-state index in [0.717, 1.165) is 19.5 Å². The molecule has 0 aliphatic heterocycles. The van der Waals surface area contributed by atoms with Crippen molar-refractivity contribution in [3.05, 3.63) is 52.7 Å². The average molecular weight is 319 g/mol. The number of nitrogens with one attached hydrogen (secondary N) is 1. The van der Waals surface area contributed by atoms with Gasteiger partial charge in [-0.25, -0.2) is 0 Å². The van der Waals surface area contributed by atoms with Gasteiger partial charge in [0.25, 0.3) is 0 Å². The molecule has 1 aromatic carbocycles. The Balaban J connectivity index is 1.67. The lowest BCUT2D eigenvalue weighted by atomic mass is 10.3. The number of nitrogens with two attached hydrogens (primary N) is 1. The van der Waals surface area contributed by atoms with Crippen LogP contribution < -0.4 is 11.1 Å². The Labute approximate surface area is 134 Å².